The van der Waals surface area contributed by atoms with Crippen LogP contribution in [0.25, 0.3) is 10.9 Å². The van der Waals surface area contributed by atoms with Crippen LogP contribution in [-0.4, -0.2) is 16.8 Å². The van der Waals surface area contributed by atoms with Crippen LogP contribution in [-0.2, 0) is 7.05 Å². The molecule has 2 aromatic rings. The minimum atomic E-state index is 1.04. The lowest BCUT2D eigenvalue weighted by Gasteiger charge is -2.01. The number of hydrogen-bond donors (Lipinski definition) is 1. The minimum Gasteiger partial charge on any atom is -0.386 e. The highest BCUT2D eigenvalue weighted by atomic mass is 15.2. The van der Waals surface area contributed by atoms with Crippen molar-refractivity contribution in [1.82, 2.24) is 9.78 Å². The third-order valence-electron chi connectivity index (χ3n) is 2.14. The van der Waals surface area contributed by atoms with E-state index in [0.717, 1.165) is 11.2 Å². The molecule has 0 atom stereocenters. The Hall–Kier alpha value is -1.51. The van der Waals surface area contributed by atoms with Crippen LogP contribution in [0, 0.1) is 6.92 Å². The van der Waals surface area contributed by atoms with E-state index in [2.05, 4.69) is 29.5 Å². The van der Waals surface area contributed by atoms with Gasteiger partial charge in [-0.1, -0.05) is 0 Å². The second kappa shape index (κ2) is 2.76. The summed E-state index contributed by atoms with van der Waals surface area (Å²) in [7, 11) is 3.86. The van der Waals surface area contributed by atoms with Gasteiger partial charge in [-0.05, 0) is 24.6 Å². The van der Waals surface area contributed by atoms with Crippen molar-refractivity contribution in [2.75, 3.05) is 12.4 Å². The van der Waals surface area contributed by atoms with Crippen LogP contribution in [0.1, 0.15) is 5.56 Å². The first kappa shape index (κ1) is 8.10. The summed E-state index contributed by atoms with van der Waals surface area (Å²) >= 11 is 0. The zero-order valence-corrected chi connectivity index (χ0v) is 8.13. The van der Waals surface area contributed by atoms with Crippen molar-refractivity contribution in [1.29, 1.82) is 0 Å². The van der Waals surface area contributed by atoms with E-state index in [-0.39, 0.29) is 0 Å². The number of benzene rings is 1. The summed E-state index contributed by atoms with van der Waals surface area (Å²) in [5.41, 5.74) is 3.39. The van der Waals surface area contributed by atoms with Gasteiger partial charge in [0.25, 0.3) is 0 Å². The predicted octanol–water partition coefficient (Wildman–Crippen LogP) is 1.92. The number of fused-ring (bicyclic) bond motifs is 1. The fraction of sp³-hybridized carbons (Fsp3) is 0.300. The van der Waals surface area contributed by atoms with Crippen LogP contribution in [0.15, 0.2) is 18.3 Å². The first-order chi connectivity index (χ1) is 6.20. The van der Waals surface area contributed by atoms with Crippen LogP contribution in [0.5, 0.6) is 0 Å². The Balaban J connectivity index is 2.80. The zero-order valence-electron chi connectivity index (χ0n) is 8.13. The quantitative estimate of drug-likeness (QED) is 0.717. The van der Waals surface area contributed by atoms with Crippen molar-refractivity contribution in [2.45, 2.75) is 6.92 Å². The van der Waals surface area contributed by atoms with Gasteiger partial charge in [0.1, 0.15) is 5.52 Å². The first-order valence-corrected chi connectivity index (χ1v) is 4.32. The third kappa shape index (κ3) is 1.26. The van der Waals surface area contributed by atoms with Gasteiger partial charge in [0.2, 0.25) is 0 Å². The molecule has 0 saturated carbocycles. The standard InChI is InChI=1S/C10H13N3/c1-7-4-8-6-13(3)12-10(8)9(5-7)11-2/h4-6,11H,1-3H3. The number of rotatable bonds is 1. The van der Waals surface area contributed by atoms with Crippen LogP contribution in [0.3, 0.4) is 0 Å². The third-order valence-corrected chi connectivity index (χ3v) is 2.14. The Bertz CT molecular complexity index is 443. The van der Waals surface area contributed by atoms with Crippen molar-refractivity contribution in [3.05, 3.63) is 23.9 Å². The van der Waals surface area contributed by atoms with Crippen LogP contribution in [0.2, 0.25) is 0 Å². The van der Waals surface area contributed by atoms with Crippen LogP contribution >= 0.6 is 0 Å². The molecule has 3 heteroatoms. The van der Waals surface area contributed by atoms with Gasteiger partial charge in [0, 0.05) is 25.7 Å². The number of anilines is 1. The Morgan fingerprint density at radius 1 is 1.38 bits per heavy atom. The van der Waals surface area contributed by atoms with Crippen molar-refractivity contribution in [2.24, 2.45) is 7.05 Å². The van der Waals surface area contributed by atoms with Crippen molar-refractivity contribution >= 4 is 16.6 Å². The molecule has 13 heavy (non-hydrogen) atoms. The fourth-order valence-electron chi connectivity index (χ4n) is 1.60. The molecular formula is C10H13N3. The molecule has 0 bridgehead atoms. The lowest BCUT2D eigenvalue weighted by atomic mass is 10.1. The highest BCUT2D eigenvalue weighted by molar-refractivity contribution is 5.90. The topological polar surface area (TPSA) is 29.9 Å². The van der Waals surface area contributed by atoms with Crippen molar-refractivity contribution in [3.8, 4) is 0 Å². The summed E-state index contributed by atoms with van der Waals surface area (Å²) in [5.74, 6) is 0. The first-order valence-electron chi connectivity index (χ1n) is 4.32. The highest BCUT2D eigenvalue weighted by Crippen LogP contribution is 2.22. The summed E-state index contributed by atoms with van der Waals surface area (Å²) in [6.07, 6.45) is 2.03. The second-order valence-corrected chi connectivity index (χ2v) is 3.30. The summed E-state index contributed by atoms with van der Waals surface area (Å²) < 4.78 is 1.84. The highest BCUT2D eigenvalue weighted by Gasteiger charge is 2.04. The molecule has 0 saturated heterocycles. The van der Waals surface area contributed by atoms with E-state index in [9.17, 15) is 0 Å². The van der Waals surface area contributed by atoms with Gasteiger partial charge in [-0.3, -0.25) is 4.68 Å². The lowest BCUT2D eigenvalue weighted by molar-refractivity contribution is 0.780. The van der Waals surface area contributed by atoms with E-state index < -0.39 is 0 Å². The van der Waals surface area contributed by atoms with Crippen molar-refractivity contribution < 1.29 is 0 Å². The van der Waals surface area contributed by atoms with Crippen molar-refractivity contribution in [3.63, 3.8) is 0 Å². The number of nitrogens with one attached hydrogen (secondary N) is 1. The van der Waals surface area contributed by atoms with Gasteiger partial charge in [0.05, 0.1) is 5.69 Å². The molecule has 0 aliphatic heterocycles. The molecule has 1 heterocycles. The van der Waals surface area contributed by atoms with Gasteiger partial charge in [0.15, 0.2) is 0 Å². The number of nitrogens with zero attached hydrogens (tertiary/aromatic N) is 2. The maximum Gasteiger partial charge on any atom is 0.115 e. The predicted molar refractivity (Wildman–Crippen MR) is 55.0 cm³/mol. The summed E-state index contributed by atoms with van der Waals surface area (Å²) in [4.78, 5) is 0. The number of aryl methyl sites for hydroxylation is 2. The summed E-state index contributed by atoms with van der Waals surface area (Å²) in [6.45, 7) is 2.09. The molecule has 0 unspecified atom stereocenters. The largest absolute Gasteiger partial charge is 0.386 e. The Labute approximate surface area is 77.4 Å². The Kier molecular flexibility index (Phi) is 1.72. The average molecular weight is 175 g/mol. The fourth-order valence-corrected chi connectivity index (χ4v) is 1.60. The molecule has 0 amide bonds. The lowest BCUT2D eigenvalue weighted by Crippen LogP contribution is -1.91. The molecule has 1 aromatic heterocycles. The molecule has 2 rings (SSSR count). The van der Waals surface area contributed by atoms with Gasteiger partial charge in [-0.25, -0.2) is 0 Å². The molecule has 0 fully saturated rings. The van der Waals surface area contributed by atoms with E-state index in [1.165, 1.54) is 10.9 Å². The van der Waals surface area contributed by atoms with Gasteiger partial charge >= 0.3 is 0 Å². The maximum atomic E-state index is 4.38. The SMILES string of the molecule is CNc1cc(C)cc2cn(C)nc12. The minimum absolute atomic E-state index is 1.04. The molecule has 0 aliphatic carbocycles. The molecular weight excluding hydrogens is 162 g/mol. The Morgan fingerprint density at radius 2 is 2.15 bits per heavy atom. The molecule has 0 radical (unpaired) electrons. The van der Waals surface area contributed by atoms with Gasteiger partial charge < -0.3 is 5.32 Å². The zero-order chi connectivity index (χ0) is 9.42. The molecule has 1 N–H and O–H groups in total. The number of hydrogen-bond acceptors (Lipinski definition) is 2. The molecule has 1 aromatic carbocycles. The monoisotopic (exact) mass is 175 g/mol. The van der Waals surface area contributed by atoms with Crippen LogP contribution < -0.4 is 5.32 Å². The van der Waals surface area contributed by atoms with E-state index in [4.69, 9.17) is 0 Å². The van der Waals surface area contributed by atoms with E-state index in [1.807, 2.05) is 25.0 Å². The molecule has 0 spiro atoms. The smallest absolute Gasteiger partial charge is 0.115 e. The van der Waals surface area contributed by atoms with Crippen LogP contribution in [0.4, 0.5) is 5.69 Å². The normalized spacial score (nSPS) is 10.7. The van der Waals surface area contributed by atoms with Gasteiger partial charge in [-0.2, -0.15) is 5.10 Å². The average Bonchev–Trinajstić information content (AvgIpc) is 2.43. The summed E-state index contributed by atoms with van der Waals surface area (Å²) in [5, 5.41) is 8.71. The second-order valence-electron chi connectivity index (χ2n) is 3.30. The number of aromatic nitrogens is 2. The summed E-state index contributed by atoms with van der Waals surface area (Å²) in [6, 6.07) is 4.25. The Morgan fingerprint density at radius 3 is 2.85 bits per heavy atom. The van der Waals surface area contributed by atoms with Gasteiger partial charge in [-0.15, -0.1) is 0 Å². The van der Waals surface area contributed by atoms with E-state index >= 15 is 0 Å². The van der Waals surface area contributed by atoms with E-state index in [0.29, 0.717) is 0 Å². The maximum absolute atomic E-state index is 4.38. The molecule has 68 valence electrons. The molecule has 0 aliphatic rings. The molecule has 3 nitrogen and oxygen atoms in total. The van der Waals surface area contributed by atoms with E-state index in [1.54, 1.807) is 0 Å².